The van der Waals surface area contributed by atoms with Crippen LogP contribution in [0.2, 0.25) is 0 Å². The summed E-state index contributed by atoms with van der Waals surface area (Å²) in [7, 11) is 1.68. The van der Waals surface area contributed by atoms with Crippen molar-refractivity contribution in [2.24, 2.45) is 0 Å². The third-order valence-electron chi connectivity index (χ3n) is 6.26. The number of methoxy groups -OCH3 is 1. The summed E-state index contributed by atoms with van der Waals surface area (Å²) in [6.45, 7) is 5.64. The van der Waals surface area contributed by atoms with E-state index in [1.807, 2.05) is 24.3 Å². The van der Waals surface area contributed by atoms with Gasteiger partial charge in [-0.2, -0.15) is 0 Å². The quantitative estimate of drug-likeness (QED) is 0.328. The summed E-state index contributed by atoms with van der Waals surface area (Å²) < 4.78 is 12.3. The van der Waals surface area contributed by atoms with Crippen LogP contribution < -0.4 is 4.74 Å². The molecule has 1 heterocycles. The number of ether oxygens (including phenoxy) is 2. The number of hydrogen-bond acceptors (Lipinski definition) is 3. The Bertz CT molecular complexity index is 1240. The van der Waals surface area contributed by atoms with E-state index in [9.17, 15) is 0 Å². The van der Waals surface area contributed by atoms with E-state index in [0.717, 1.165) is 33.7 Å². The molecule has 0 radical (unpaired) electrons. The lowest BCUT2D eigenvalue weighted by Gasteiger charge is -2.41. The molecule has 3 heteroatoms. The normalized spacial score (nSPS) is 17.1. The van der Waals surface area contributed by atoms with Gasteiger partial charge in [-0.3, -0.25) is 0 Å². The topological polar surface area (TPSA) is 21.7 Å². The zero-order valence-corrected chi connectivity index (χ0v) is 18.8. The minimum atomic E-state index is -0.787. The molecule has 4 aromatic carbocycles. The van der Waals surface area contributed by atoms with E-state index in [0.29, 0.717) is 13.2 Å². The van der Waals surface area contributed by atoms with Crippen molar-refractivity contribution in [3.63, 3.8) is 0 Å². The molecule has 1 unspecified atom stereocenters. The molecule has 0 bridgehead atoms. The first-order chi connectivity index (χ1) is 16.2. The zero-order chi connectivity index (χ0) is 22.7. The molecule has 0 aromatic heterocycles. The van der Waals surface area contributed by atoms with Crippen LogP contribution in [0, 0.1) is 0 Å². The van der Waals surface area contributed by atoms with Crippen LogP contribution in [0.4, 0.5) is 0 Å². The van der Waals surface area contributed by atoms with Crippen LogP contribution in [0.1, 0.15) is 27.8 Å². The van der Waals surface area contributed by atoms with Crippen molar-refractivity contribution in [1.82, 2.24) is 4.90 Å². The lowest BCUT2D eigenvalue weighted by molar-refractivity contribution is -0.114. The van der Waals surface area contributed by atoms with E-state index >= 15 is 0 Å². The van der Waals surface area contributed by atoms with Crippen molar-refractivity contribution in [2.75, 3.05) is 7.11 Å². The third kappa shape index (κ3) is 3.81. The van der Waals surface area contributed by atoms with E-state index < -0.39 is 5.72 Å². The molecule has 1 aliphatic heterocycles. The monoisotopic (exact) mass is 433 g/mol. The van der Waals surface area contributed by atoms with Crippen LogP contribution in [0.3, 0.4) is 0 Å². The first kappa shape index (κ1) is 21.0. The molecule has 1 atom stereocenters. The molecule has 0 fully saturated rings. The standard InChI is InChI=1S/C30H27NO2/c1-23-28-15-9-10-16-29(28)30(26-13-7-4-8-14-26,31(23)21-24-11-5-3-6-12-24)33-22-25-17-19-27(32-2)20-18-25/h3-20H,1,21-22H2,2H3. The number of benzene rings is 4. The highest BCUT2D eigenvalue weighted by atomic mass is 16.5. The van der Waals surface area contributed by atoms with Gasteiger partial charge in [0, 0.05) is 28.9 Å². The number of nitrogens with zero attached hydrogens (tertiary/aromatic N) is 1. The molecule has 0 saturated heterocycles. The predicted octanol–water partition coefficient (Wildman–Crippen LogP) is 6.60. The molecule has 1 aliphatic rings. The molecule has 3 nitrogen and oxygen atoms in total. The summed E-state index contributed by atoms with van der Waals surface area (Å²) in [5.74, 6) is 0.835. The van der Waals surface area contributed by atoms with Crippen LogP contribution in [0.15, 0.2) is 116 Å². The minimum Gasteiger partial charge on any atom is -0.497 e. The maximum Gasteiger partial charge on any atom is 0.195 e. The van der Waals surface area contributed by atoms with Gasteiger partial charge < -0.3 is 14.4 Å². The first-order valence-electron chi connectivity index (χ1n) is 11.1. The third-order valence-corrected chi connectivity index (χ3v) is 6.26. The SMILES string of the molecule is C=C1c2ccccc2C(OCc2ccc(OC)cc2)(c2ccccc2)N1Cc1ccccc1. The molecule has 164 valence electrons. The number of rotatable bonds is 7. The summed E-state index contributed by atoms with van der Waals surface area (Å²) in [5.41, 5.74) is 5.79. The average molecular weight is 434 g/mol. The predicted molar refractivity (Wildman–Crippen MR) is 132 cm³/mol. The van der Waals surface area contributed by atoms with Gasteiger partial charge in [0.2, 0.25) is 0 Å². The van der Waals surface area contributed by atoms with Crippen LogP contribution in [0.25, 0.3) is 5.70 Å². The average Bonchev–Trinajstić information content (AvgIpc) is 3.12. The second-order valence-corrected chi connectivity index (χ2v) is 8.21. The van der Waals surface area contributed by atoms with Crippen molar-refractivity contribution in [3.8, 4) is 5.75 Å². The molecule has 0 aliphatic carbocycles. The molecular formula is C30H27NO2. The second kappa shape index (κ2) is 8.97. The van der Waals surface area contributed by atoms with E-state index in [1.165, 1.54) is 5.56 Å². The highest BCUT2D eigenvalue weighted by molar-refractivity contribution is 5.73. The number of hydrogen-bond donors (Lipinski definition) is 0. The highest BCUT2D eigenvalue weighted by Gasteiger charge is 2.49. The Labute approximate surface area is 195 Å². The fourth-order valence-electron chi connectivity index (χ4n) is 4.61. The fraction of sp³-hybridized carbons (Fsp3) is 0.133. The van der Waals surface area contributed by atoms with Gasteiger partial charge in [0.25, 0.3) is 0 Å². The van der Waals surface area contributed by atoms with E-state index in [4.69, 9.17) is 9.47 Å². The lowest BCUT2D eigenvalue weighted by Crippen LogP contribution is -2.43. The molecular weight excluding hydrogens is 406 g/mol. The summed E-state index contributed by atoms with van der Waals surface area (Å²) in [5, 5.41) is 0. The van der Waals surface area contributed by atoms with Gasteiger partial charge in [-0.05, 0) is 23.3 Å². The number of fused-ring (bicyclic) bond motifs is 1. The van der Waals surface area contributed by atoms with Crippen molar-refractivity contribution < 1.29 is 9.47 Å². The van der Waals surface area contributed by atoms with Crippen molar-refractivity contribution in [3.05, 3.63) is 144 Å². The maximum absolute atomic E-state index is 6.94. The Balaban J connectivity index is 1.62. The van der Waals surface area contributed by atoms with E-state index in [1.54, 1.807) is 7.11 Å². The van der Waals surface area contributed by atoms with E-state index in [2.05, 4.69) is 96.4 Å². The maximum atomic E-state index is 6.94. The van der Waals surface area contributed by atoms with Gasteiger partial charge in [0.1, 0.15) is 5.75 Å². The Morgan fingerprint density at radius 2 is 1.36 bits per heavy atom. The fourth-order valence-corrected chi connectivity index (χ4v) is 4.61. The van der Waals surface area contributed by atoms with Gasteiger partial charge in [-0.15, -0.1) is 0 Å². The largest absolute Gasteiger partial charge is 0.497 e. The molecule has 4 aromatic rings. The Kier molecular flexibility index (Phi) is 5.72. The van der Waals surface area contributed by atoms with Crippen molar-refractivity contribution >= 4 is 5.70 Å². The summed E-state index contributed by atoms with van der Waals surface area (Å²) in [6, 6.07) is 37.4. The highest BCUT2D eigenvalue weighted by Crippen LogP contribution is 2.51. The van der Waals surface area contributed by atoms with Crippen LogP contribution >= 0.6 is 0 Å². The molecule has 0 amide bonds. The smallest absolute Gasteiger partial charge is 0.195 e. The summed E-state index contributed by atoms with van der Waals surface area (Å²) in [4.78, 5) is 2.30. The van der Waals surface area contributed by atoms with Crippen LogP contribution in [-0.2, 0) is 23.6 Å². The summed E-state index contributed by atoms with van der Waals surface area (Å²) in [6.07, 6.45) is 0. The van der Waals surface area contributed by atoms with Crippen LogP contribution in [0.5, 0.6) is 5.75 Å². The Morgan fingerprint density at radius 3 is 2.06 bits per heavy atom. The van der Waals surface area contributed by atoms with Crippen molar-refractivity contribution in [2.45, 2.75) is 18.9 Å². The van der Waals surface area contributed by atoms with Crippen molar-refractivity contribution in [1.29, 1.82) is 0 Å². The first-order valence-corrected chi connectivity index (χ1v) is 11.1. The molecule has 0 saturated carbocycles. The lowest BCUT2D eigenvalue weighted by atomic mass is 9.93. The molecule has 5 rings (SSSR count). The minimum absolute atomic E-state index is 0.450. The van der Waals surface area contributed by atoms with Gasteiger partial charge >= 0.3 is 0 Å². The van der Waals surface area contributed by atoms with E-state index in [-0.39, 0.29) is 0 Å². The van der Waals surface area contributed by atoms with Crippen LogP contribution in [-0.4, -0.2) is 12.0 Å². The zero-order valence-electron chi connectivity index (χ0n) is 18.8. The molecule has 0 N–H and O–H groups in total. The Morgan fingerprint density at radius 1 is 0.727 bits per heavy atom. The van der Waals surface area contributed by atoms with Gasteiger partial charge in [0.05, 0.1) is 13.7 Å². The summed E-state index contributed by atoms with van der Waals surface area (Å²) >= 11 is 0. The van der Waals surface area contributed by atoms with Gasteiger partial charge in [0.15, 0.2) is 5.72 Å². The van der Waals surface area contributed by atoms with Gasteiger partial charge in [-0.1, -0.05) is 104 Å². The molecule has 0 spiro atoms. The molecule has 33 heavy (non-hydrogen) atoms. The van der Waals surface area contributed by atoms with Gasteiger partial charge in [-0.25, -0.2) is 0 Å². The Hall–Kier alpha value is -3.82. The second-order valence-electron chi connectivity index (χ2n) is 8.21.